The molecule has 0 aromatic heterocycles. The van der Waals surface area contributed by atoms with E-state index in [9.17, 15) is 4.79 Å². The van der Waals surface area contributed by atoms with E-state index in [1.807, 2.05) is 42.5 Å². The molecule has 0 amide bonds. The Kier molecular flexibility index (Phi) is 3.92. The fourth-order valence-electron chi connectivity index (χ4n) is 2.12. The minimum absolute atomic E-state index is 0.356. The van der Waals surface area contributed by atoms with Crippen LogP contribution < -0.4 is 9.47 Å². The van der Waals surface area contributed by atoms with Gasteiger partial charge < -0.3 is 14.6 Å². The predicted molar refractivity (Wildman–Crippen MR) is 83.6 cm³/mol. The van der Waals surface area contributed by atoms with Crippen molar-refractivity contribution >= 4 is 16.7 Å². The third kappa shape index (κ3) is 3.35. The van der Waals surface area contributed by atoms with E-state index >= 15 is 0 Å². The molecule has 0 bridgehead atoms. The van der Waals surface area contributed by atoms with Gasteiger partial charge in [0.05, 0.1) is 0 Å². The van der Waals surface area contributed by atoms with Gasteiger partial charge in [0.15, 0.2) is 6.61 Å². The average molecular weight is 294 g/mol. The molecule has 3 rings (SSSR count). The van der Waals surface area contributed by atoms with E-state index in [2.05, 4.69) is 0 Å². The van der Waals surface area contributed by atoms with Crippen molar-refractivity contribution in [1.29, 1.82) is 0 Å². The number of fused-ring (bicyclic) bond motifs is 1. The van der Waals surface area contributed by atoms with Gasteiger partial charge in [-0.25, -0.2) is 4.79 Å². The Morgan fingerprint density at radius 1 is 0.818 bits per heavy atom. The van der Waals surface area contributed by atoms with Gasteiger partial charge in [-0.3, -0.25) is 0 Å². The maximum atomic E-state index is 10.4. The van der Waals surface area contributed by atoms with Gasteiger partial charge in [0, 0.05) is 0 Å². The fourth-order valence-corrected chi connectivity index (χ4v) is 2.12. The van der Waals surface area contributed by atoms with Crippen molar-refractivity contribution in [1.82, 2.24) is 0 Å². The molecule has 0 heterocycles. The molecule has 1 N–H and O–H groups in total. The molecule has 0 atom stereocenters. The van der Waals surface area contributed by atoms with E-state index in [0.29, 0.717) is 11.5 Å². The monoisotopic (exact) mass is 294 g/mol. The lowest BCUT2D eigenvalue weighted by Gasteiger charge is -2.08. The molecule has 22 heavy (non-hydrogen) atoms. The molecule has 3 aromatic rings. The third-order valence-corrected chi connectivity index (χ3v) is 3.14. The van der Waals surface area contributed by atoms with E-state index < -0.39 is 5.97 Å². The normalized spacial score (nSPS) is 10.4. The minimum atomic E-state index is -1.00. The maximum absolute atomic E-state index is 10.4. The number of hydrogen-bond acceptors (Lipinski definition) is 3. The highest BCUT2D eigenvalue weighted by Crippen LogP contribution is 2.26. The molecule has 0 saturated heterocycles. The number of ether oxygens (including phenoxy) is 2. The van der Waals surface area contributed by atoms with Crippen LogP contribution in [-0.2, 0) is 4.79 Å². The standard InChI is InChI=1S/C18H14O4/c19-18(20)12-21-15-7-9-16(10-8-15)22-17-6-5-13-3-1-2-4-14(13)11-17/h1-11H,12H2,(H,19,20). The van der Waals surface area contributed by atoms with Crippen LogP contribution in [0.5, 0.6) is 17.2 Å². The minimum Gasteiger partial charge on any atom is -0.482 e. The number of rotatable bonds is 5. The molecule has 4 nitrogen and oxygen atoms in total. The van der Waals surface area contributed by atoms with Crippen molar-refractivity contribution in [3.05, 3.63) is 66.7 Å². The Hall–Kier alpha value is -3.01. The summed E-state index contributed by atoms with van der Waals surface area (Å²) in [5.41, 5.74) is 0. The van der Waals surface area contributed by atoms with Crippen LogP contribution in [0, 0.1) is 0 Å². The highest BCUT2D eigenvalue weighted by molar-refractivity contribution is 5.83. The van der Waals surface area contributed by atoms with E-state index in [1.165, 1.54) is 0 Å². The summed E-state index contributed by atoms with van der Waals surface area (Å²) in [6.07, 6.45) is 0. The van der Waals surface area contributed by atoms with E-state index in [4.69, 9.17) is 14.6 Å². The van der Waals surface area contributed by atoms with Crippen LogP contribution >= 0.6 is 0 Å². The van der Waals surface area contributed by atoms with Gasteiger partial charge >= 0.3 is 5.97 Å². The van der Waals surface area contributed by atoms with Crippen molar-refractivity contribution in [2.75, 3.05) is 6.61 Å². The van der Waals surface area contributed by atoms with Crippen LogP contribution in [0.3, 0.4) is 0 Å². The van der Waals surface area contributed by atoms with Gasteiger partial charge in [-0.1, -0.05) is 30.3 Å². The summed E-state index contributed by atoms with van der Waals surface area (Å²) < 4.78 is 10.9. The lowest BCUT2D eigenvalue weighted by molar-refractivity contribution is -0.139. The Labute approximate surface area is 127 Å². The quantitative estimate of drug-likeness (QED) is 0.770. The highest BCUT2D eigenvalue weighted by atomic mass is 16.5. The first kappa shape index (κ1) is 13.9. The Morgan fingerprint density at radius 2 is 1.45 bits per heavy atom. The van der Waals surface area contributed by atoms with Crippen LogP contribution in [-0.4, -0.2) is 17.7 Å². The Bertz CT molecular complexity index is 794. The average Bonchev–Trinajstić information content (AvgIpc) is 2.54. The van der Waals surface area contributed by atoms with Crippen molar-refractivity contribution in [3.8, 4) is 17.2 Å². The zero-order valence-corrected chi connectivity index (χ0v) is 11.7. The summed E-state index contributed by atoms with van der Waals surface area (Å²) in [4.78, 5) is 10.4. The van der Waals surface area contributed by atoms with Gasteiger partial charge in [0.1, 0.15) is 17.2 Å². The molecule has 0 aliphatic heterocycles. The molecule has 0 aliphatic carbocycles. The molecule has 0 aliphatic rings. The molecule has 4 heteroatoms. The van der Waals surface area contributed by atoms with Crippen LogP contribution in [0.1, 0.15) is 0 Å². The highest BCUT2D eigenvalue weighted by Gasteiger charge is 2.02. The number of benzene rings is 3. The van der Waals surface area contributed by atoms with E-state index in [-0.39, 0.29) is 6.61 Å². The van der Waals surface area contributed by atoms with Gasteiger partial charge in [-0.2, -0.15) is 0 Å². The van der Waals surface area contributed by atoms with E-state index in [1.54, 1.807) is 24.3 Å². The molecule has 0 fully saturated rings. The van der Waals surface area contributed by atoms with Crippen molar-refractivity contribution in [2.45, 2.75) is 0 Å². The summed E-state index contributed by atoms with van der Waals surface area (Å²) in [6, 6.07) is 20.8. The lowest BCUT2D eigenvalue weighted by atomic mass is 10.1. The summed E-state index contributed by atoms with van der Waals surface area (Å²) >= 11 is 0. The molecule has 110 valence electrons. The fraction of sp³-hybridized carbons (Fsp3) is 0.0556. The molecule has 0 unspecified atom stereocenters. The first-order valence-corrected chi connectivity index (χ1v) is 6.82. The number of hydrogen-bond donors (Lipinski definition) is 1. The van der Waals surface area contributed by atoms with Crippen molar-refractivity contribution in [2.24, 2.45) is 0 Å². The Morgan fingerprint density at radius 3 is 2.18 bits per heavy atom. The van der Waals surface area contributed by atoms with Crippen LogP contribution in [0.2, 0.25) is 0 Å². The SMILES string of the molecule is O=C(O)COc1ccc(Oc2ccc3ccccc3c2)cc1. The summed E-state index contributed by atoms with van der Waals surface area (Å²) in [5.74, 6) is 0.903. The molecule has 0 spiro atoms. The topological polar surface area (TPSA) is 55.8 Å². The predicted octanol–water partition coefficient (Wildman–Crippen LogP) is 4.10. The lowest BCUT2D eigenvalue weighted by Crippen LogP contribution is -2.09. The zero-order chi connectivity index (χ0) is 15.4. The molecular weight excluding hydrogens is 280 g/mol. The van der Waals surface area contributed by atoms with Gasteiger partial charge in [0.25, 0.3) is 0 Å². The van der Waals surface area contributed by atoms with Gasteiger partial charge in [0.2, 0.25) is 0 Å². The second kappa shape index (κ2) is 6.18. The molecule has 3 aromatic carbocycles. The second-order valence-electron chi connectivity index (χ2n) is 4.76. The van der Waals surface area contributed by atoms with Gasteiger partial charge in [-0.05, 0) is 47.2 Å². The molecule has 0 saturated carbocycles. The van der Waals surface area contributed by atoms with Crippen LogP contribution in [0.4, 0.5) is 0 Å². The summed E-state index contributed by atoms with van der Waals surface area (Å²) in [7, 11) is 0. The van der Waals surface area contributed by atoms with Crippen molar-refractivity contribution in [3.63, 3.8) is 0 Å². The summed E-state index contributed by atoms with van der Waals surface area (Å²) in [6.45, 7) is -0.356. The molecule has 0 radical (unpaired) electrons. The summed E-state index contributed by atoms with van der Waals surface area (Å²) in [5, 5.41) is 10.8. The van der Waals surface area contributed by atoms with Crippen molar-refractivity contribution < 1.29 is 19.4 Å². The first-order valence-electron chi connectivity index (χ1n) is 6.82. The second-order valence-corrected chi connectivity index (χ2v) is 4.76. The molecular formula is C18H14O4. The first-order chi connectivity index (χ1) is 10.7. The Balaban J connectivity index is 1.72. The number of aliphatic carboxylic acids is 1. The number of carboxylic acids is 1. The smallest absolute Gasteiger partial charge is 0.341 e. The third-order valence-electron chi connectivity index (χ3n) is 3.14. The zero-order valence-electron chi connectivity index (χ0n) is 11.7. The van der Waals surface area contributed by atoms with Crippen LogP contribution in [0.25, 0.3) is 10.8 Å². The number of carbonyl (C=O) groups is 1. The maximum Gasteiger partial charge on any atom is 0.341 e. The van der Waals surface area contributed by atoms with E-state index in [0.717, 1.165) is 16.5 Å². The largest absolute Gasteiger partial charge is 0.482 e. The number of carboxylic acid groups (broad SMARTS) is 1. The van der Waals surface area contributed by atoms with Gasteiger partial charge in [-0.15, -0.1) is 0 Å². The van der Waals surface area contributed by atoms with Crippen LogP contribution in [0.15, 0.2) is 66.7 Å².